The Morgan fingerprint density at radius 3 is 2.48 bits per heavy atom. The smallest absolute Gasteiger partial charge is 0.209 e. The van der Waals surface area contributed by atoms with Gasteiger partial charge in [-0.2, -0.15) is 0 Å². The molecule has 4 atom stereocenters. The van der Waals surface area contributed by atoms with Gasteiger partial charge in [0.1, 0.15) is 22.8 Å². The molecule has 0 amide bonds. The molecule has 0 saturated carbocycles. The highest BCUT2D eigenvalue weighted by molar-refractivity contribution is 6.25. The molecule has 0 saturated heterocycles. The minimum atomic E-state index is -2.66. The van der Waals surface area contributed by atoms with E-state index in [1.165, 1.54) is 6.07 Å². The highest BCUT2D eigenvalue weighted by atomic mass is 16.5. The summed E-state index contributed by atoms with van der Waals surface area (Å²) in [4.78, 5) is 41.8. The van der Waals surface area contributed by atoms with E-state index >= 15 is 0 Å². The van der Waals surface area contributed by atoms with Crippen LogP contribution in [0, 0.1) is 11.3 Å². The van der Waals surface area contributed by atoms with E-state index in [9.17, 15) is 34.8 Å². The van der Waals surface area contributed by atoms with Crippen LogP contribution in [0.15, 0.2) is 34.8 Å². The second-order valence-corrected chi connectivity index (χ2v) is 11.3. The molecule has 0 bridgehead atoms. The summed E-state index contributed by atoms with van der Waals surface area (Å²) in [6.45, 7) is 1.66. The molecule has 1 aromatic carbocycles. The highest BCUT2D eigenvalue weighted by Gasteiger charge is 2.66. The van der Waals surface area contributed by atoms with Crippen molar-refractivity contribution in [2.45, 2.75) is 50.8 Å². The van der Waals surface area contributed by atoms with Crippen LogP contribution in [-0.2, 0) is 27.3 Å². The Labute approximate surface area is 232 Å². The Balaban J connectivity index is 1.98. The lowest BCUT2D eigenvalue weighted by atomic mass is 9.52. The van der Waals surface area contributed by atoms with E-state index in [0.29, 0.717) is 24.9 Å². The molecule has 218 valence electrons. The lowest BCUT2D eigenvalue weighted by Crippen LogP contribution is -2.65. The number of phenols is 1. The van der Waals surface area contributed by atoms with Gasteiger partial charge in [0.05, 0.1) is 23.8 Å². The molecule has 0 aromatic heterocycles. The first-order chi connectivity index (χ1) is 18.9. The third-order valence-electron chi connectivity index (χ3n) is 8.47. The molecule has 0 fully saturated rings. The molecule has 6 N–H and O–H groups in total. The van der Waals surface area contributed by atoms with Gasteiger partial charge in [-0.05, 0) is 70.9 Å². The molecule has 11 heteroatoms. The number of Topliss-reactive ketones (excluding diaryl/α,β-unsaturated/α-hetero) is 3. The van der Waals surface area contributed by atoms with E-state index in [1.807, 2.05) is 0 Å². The fraction of sp³-hybridized carbons (Fsp3) is 0.552. The van der Waals surface area contributed by atoms with Gasteiger partial charge in [-0.3, -0.25) is 19.3 Å². The van der Waals surface area contributed by atoms with Crippen molar-refractivity contribution in [3.63, 3.8) is 0 Å². The zero-order chi connectivity index (χ0) is 29.6. The van der Waals surface area contributed by atoms with Crippen molar-refractivity contribution in [1.29, 1.82) is 0 Å². The topological polar surface area (TPSA) is 177 Å². The summed E-state index contributed by atoms with van der Waals surface area (Å²) < 4.78 is 6.00. The largest absolute Gasteiger partial charge is 0.510 e. The van der Waals surface area contributed by atoms with E-state index < -0.39 is 57.4 Å². The van der Waals surface area contributed by atoms with Crippen molar-refractivity contribution in [3.8, 4) is 5.75 Å². The van der Waals surface area contributed by atoms with Gasteiger partial charge in [0.15, 0.2) is 17.2 Å². The number of carbonyl (C=O) groups excluding carboxylic acids is 3. The molecule has 11 nitrogen and oxygen atoms in total. The lowest BCUT2D eigenvalue weighted by Gasteiger charge is -2.54. The van der Waals surface area contributed by atoms with Crippen molar-refractivity contribution < 1.29 is 44.7 Å². The predicted molar refractivity (Wildman–Crippen MR) is 144 cm³/mol. The van der Waals surface area contributed by atoms with Crippen LogP contribution in [0.1, 0.15) is 47.7 Å². The number of aliphatic hydroxyl groups excluding tert-OH is 3. The van der Waals surface area contributed by atoms with E-state index in [1.54, 1.807) is 32.1 Å². The average molecular weight is 559 g/mol. The first-order valence-corrected chi connectivity index (χ1v) is 13.4. The number of likely N-dealkylation sites (N-methyl/N-ethyl adjacent to an activating group) is 1. The Kier molecular flexibility index (Phi) is 8.26. The predicted octanol–water partition coefficient (Wildman–Crippen LogP) is 1.10. The Morgan fingerprint density at radius 1 is 1.18 bits per heavy atom. The maximum Gasteiger partial charge on any atom is 0.209 e. The maximum atomic E-state index is 14.1. The van der Waals surface area contributed by atoms with Crippen LogP contribution in [0.2, 0.25) is 0 Å². The fourth-order valence-electron chi connectivity index (χ4n) is 6.72. The second-order valence-electron chi connectivity index (χ2n) is 11.3. The van der Waals surface area contributed by atoms with Crippen LogP contribution in [0.5, 0.6) is 5.75 Å². The summed E-state index contributed by atoms with van der Waals surface area (Å²) in [6.07, 6.45) is 1.15. The minimum absolute atomic E-state index is 0.00914. The zero-order valence-electron chi connectivity index (χ0n) is 23.3. The summed E-state index contributed by atoms with van der Waals surface area (Å²) >= 11 is 0. The van der Waals surface area contributed by atoms with Gasteiger partial charge in [-0.1, -0.05) is 6.07 Å². The fourth-order valence-corrected chi connectivity index (χ4v) is 6.72. The summed E-state index contributed by atoms with van der Waals surface area (Å²) in [5.41, 5.74) is -3.47. The van der Waals surface area contributed by atoms with Crippen LogP contribution in [0.25, 0.3) is 0 Å². The monoisotopic (exact) mass is 558 g/mol. The first-order valence-electron chi connectivity index (χ1n) is 13.4. The number of rotatable bonds is 10. The Hall–Kier alpha value is -3.09. The van der Waals surface area contributed by atoms with E-state index in [0.717, 1.165) is 12.5 Å². The van der Waals surface area contributed by atoms with Crippen LogP contribution in [-0.4, -0.2) is 100 Å². The van der Waals surface area contributed by atoms with Crippen molar-refractivity contribution >= 4 is 17.3 Å². The van der Waals surface area contributed by atoms with Gasteiger partial charge in [-0.15, -0.1) is 0 Å². The molecule has 0 spiro atoms. The van der Waals surface area contributed by atoms with Gasteiger partial charge in [-0.25, -0.2) is 0 Å². The molecule has 0 aliphatic heterocycles. The van der Waals surface area contributed by atoms with Crippen LogP contribution in [0.3, 0.4) is 0 Å². The first kappa shape index (κ1) is 29.9. The lowest BCUT2D eigenvalue weighted by molar-refractivity contribution is -0.151. The number of hydrogen-bond acceptors (Lipinski definition) is 11. The van der Waals surface area contributed by atoms with Crippen molar-refractivity contribution in [2.75, 3.05) is 41.0 Å². The number of ether oxygens (including phenoxy) is 1. The highest BCUT2D eigenvalue weighted by Crippen LogP contribution is 2.58. The third kappa shape index (κ3) is 4.46. The van der Waals surface area contributed by atoms with Gasteiger partial charge in [0.25, 0.3) is 0 Å². The maximum absolute atomic E-state index is 14.1. The van der Waals surface area contributed by atoms with Crippen LogP contribution >= 0.6 is 0 Å². The molecule has 0 heterocycles. The second kappa shape index (κ2) is 11.1. The van der Waals surface area contributed by atoms with Crippen molar-refractivity contribution in [3.05, 3.63) is 51.5 Å². The standard InChI is InChI=1S/C29H38N2O9/c1-15(33)20-25(36)23(31(3)4)18-12-28(14-40-10-6-5-9-32)11-17-16(13-30-2)7-8-19(34)21(17)24(35)22(28)27(38)29(18,39)26(20)37/h7-8,18,23,30,32,34,36,38-39H,5-6,9-14H2,1-4H3/t18-,23-,28-,29+/m0/s1. The number of unbranched alkanes of at least 4 members (excludes halogenated alkanes) is 1. The molecule has 4 rings (SSSR count). The van der Waals surface area contributed by atoms with Gasteiger partial charge < -0.3 is 35.6 Å². The molecule has 1 aromatic rings. The number of nitrogens with one attached hydrogen (secondary N) is 1. The molecular weight excluding hydrogens is 520 g/mol. The molecule has 40 heavy (non-hydrogen) atoms. The third-order valence-corrected chi connectivity index (χ3v) is 8.47. The normalized spacial score (nSPS) is 28.1. The number of aromatic hydroxyl groups is 1. The molecular formula is C29H38N2O9. The summed E-state index contributed by atoms with van der Waals surface area (Å²) in [5, 5.41) is 57.8. The van der Waals surface area contributed by atoms with Gasteiger partial charge in [0, 0.05) is 31.1 Å². The number of carbonyl (C=O) groups is 3. The number of phenolic OH excluding ortho intramolecular Hbond substituents is 1. The van der Waals surface area contributed by atoms with Crippen molar-refractivity contribution in [1.82, 2.24) is 10.2 Å². The van der Waals surface area contributed by atoms with E-state index in [2.05, 4.69) is 5.32 Å². The Bertz CT molecular complexity index is 1300. The molecule has 3 aliphatic carbocycles. The quantitative estimate of drug-likeness (QED) is 0.179. The number of fused-ring (bicyclic) bond motifs is 3. The molecule has 3 aliphatic rings. The zero-order valence-corrected chi connectivity index (χ0v) is 23.3. The van der Waals surface area contributed by atoms with Gasteiger partial charge >= 0.3 is 0 Å². The van der Waals surface area contributed by atoms with Gasteiger partial charge in [0.2, 0.25) is 5.78 Å². The molecule has 0 radical (unpaired) electrons. The summed E-state index contributed by atoms with van der Waals surface area (Å²) in [5.74, 6) is -5.51. The average Bonchev–Trinajstić information content (AvgIpc) is 2.87. The SMILES string of the molecule is CNCc1ccc(O)c2c1C[C@@]1(COCCCCO)C[C@H]3[C@H](N(C)C)C(O)=C(C(C)=O)C(=O)[C@@]3(O)C(O)=C1C2=O. The van der Waals surface area contributed by atoms with Crippen LogP contribution < -0.4 is 5.32 Å². The number of benzene rings is 1. The summed E-state index contributed by atoms with van der Waals surface area (Å²) in [6, 6.07) is 2.07. The minimum Gasteiger partial charge on any atom is -0.510 e. The number of nitrogens with zero attached hydrogens (tertiary/aromatic N) is 1. The van der Waals surface area contributed by atoms with Crippen molar-refractivity contribution in [2.24, 2.45) is 11.3 Å². The van der Waals surface area contributed by atoms with Crippen LogP contribution in [0.4, 0.5) is 0 Å². The Morgan fingerprint density at radius 2 is 1.88 bits per heavy atom. The molecule has 0 unspecified atom stereocenters. The van der Waals surface area contributed by atoms with E-state index in [4.69, 9.17) is 9.84 Å². The number of aliphatic hydroxyl groups is 4. The summed E-state index contributed by atoms with van der Waals surface area (Å²) in [7, 11) is 4.99. The number of ketones is 3. The number of hydrogen-bond donors (Lipinski definition) is 6. The van der Waals surface area contributed by atoms with E-state index in [-0.39, 0.29) is 49.5 Å².